The normalized spacial score (nSPS) is 13.6. The zero-order valence-electron chi connectivity index (χ0n) is 16.0. The number of hydrogen-bond acceptors (Lipinski definition) is 8. The summed E-state index contributed by atoms with van der Waals surface area (Å²) in [5.74, 6) is 1.04. The first-order valence-corrected chi connectivity index (χ1v) is 10.3. The van der Waals surface area contributed by atoms with E-state index in [1.165, 1.54) is 0 Å². The molecule has 0 spiro atoms. The summed E-state index contributed by atoms with van der Waals surface area (Å²) >= 11 is 6.11. The van der Waals surface area contributed by atoms with Crippen LogP contribution in [0.5, 0.6) is 10.8 Å². The summed E-state index contributed by atoms with van der Waals surface area (Å²) in [4.78, 5) is 2.90. The number of anilines is 1. The molecule has 1 aliphatic rings. The van der Waals surface area contributed by atoms with Crippen LogP contribution in [0.25, 0.3) is 18.2 Å². The Labute approximate surface area is 180 Å². The number of allylic oxidation sites excluding steroid dienone is 1. The van der Waals surface area contributed by atoms with Gasteiger partial charge in [-0.3, -0.25) is 5.41 Å². The van der Waals surface area contributed by atoms with E-state index in [1.807, 2.05) is 19.1 Å². The fourth-order valence-corrected chi connectivity index (χ4v) is 3.82. The Hall–Kier alpha value is -3.30. The largest absolute Gasteiger partial charge is 0.498 e. The van der Waals surface area contributed by atoms with Crippen molar-refractivity contribution < 1.29 is 19.0 Å². The van der Waals surface area contributed by atoms with Crippen LogP contribution < -0.4 is 21.3 Å². The van der Waals surface area contributed by atoms with Gasteiger partial charge in [0.25, 0.3) is 0 Å². The van der Waals surface area contributed by atoms with Gasteiger partial charge in [-0.1, -0.05) is 17.4 Å². The zero-order chi connectivity index (χ0) is 21.3. The lowest BCUT2D eigenvalue weighted by Crippen LogP contribution is -2.16. The smallest absolute Gasteiger partial charge is 0.198 e. The van der Waals surface area contributed by atoms with E-state index in [1.54, 1.807) is 30.4 Å². The van der Waals surface area contributed by atoms with E-state index < -0.39 is 0 Å². The number of H-pyrrole nitrogens is 1. The molecular weight excluding hydrogens is 422 g/mol. The summed E-state index contributed by atoms with van der Waals surface area (Å²) in [5, 5.41) is 18.1. The molecule has 0 saturated carbocycles. The molecule has 2 heterocycles. The summed E-state index contributed by atoms with van der Waals surface area (Å²) in [6, 6.07) is 7.40. The molecule has 5 N–H and O–H groups in total. The van der Waals surface area contributed by atoms with Crippen LogP contribution in [0.2, 0.25) is 0 Å². The molecule has 0 amide bonds. The van der Waals surface area contributed by atoms with Gasteiger partial charge in [0, 0.05) is 17.7 Å². The number of rotatable bonds is 6. The maximum absolute atomic E-state index is 9.87. The predicted octanol–water partition coefficient (Wildman–Crippen LogP) is 3.07. The van der Waals surface area contributed by atoms with Crippen LogP contribution in [-0.4, -0.2) is 29.0 Å². The lowest BCUT2D eigenvalue weighted by atomic mass is 10.1. The summed E-state index contributed by atoms with van der Waals surface area (Å²) in [5.41, 5.74) is 10.1. The van der Waals surface area contributed by atoms with Gasteiger partial charge in [0.2, 0.25) is 0 Å². The van der Waals surface area contributed by atoms with Crippen LogP contribution in [0.1, 0.15) is 16.8 Å². The first kappa shape index (κ1) is 20.0. The van der Waals surface area contributed by atoms with Crippen LogP contribution in [0.15, 0.2) is 34.4 Å². The lowest BCUT2D eigenvalue weighted by molar-refractivity contribution is 0.170. The van der Waals surface area contributed by atoms with Crippen LogP contribution in [-0.2, 0) is 4.74 Å². The van der Waals surface area contributed by atoms with Crippen molar-refractivity contribution in [1.82, 2.24) is 4.98 Å². The van der Waals surface area contributed by atoms with Crippen LogP contribution in [0.3, 0.4) is 0 Å². The van der Waals surface area contributed by atoms with Gasteiger partial charge in [0.05, 0.1) is 17.1 Å². The number of aromatic hydroxyl groups is 1. The minimum absolute atomic E-state index is 0.0971. The molecular formula is C21H19N3O4S2. The third kappa shape index (κ3) is 4.32. The Bertz CT molecular complexity index is 1330. The van der Waals surface area contributed by atoms with Gasteiger partial charge in [-0.05, 0) is 49.0 Å². The second-order valence-corrected chi connectivity index (χ2v) is 8.32. The Morgan fingerprint density at radius 2 is 2.07 bits per heavy atom. The number of nitrogens with one attached hydrogen (secondary N) is 2. The highest BCUT2D eigenvalue weighted by Crippen LogP contribution is 2.23. The fourth-order valence-electron chi connectivity index (χ4n) is 2.92. The number of hydrogen-bond donors (Lipinski definition) is 4. The molecule has 9 heteroatoms. The second kappa shape index (κ2) is 8.21. The Kier molecular flexibility index (Phi) is 5.47. The highest BCUT2D eigenvalue weighted by molar-refractivity contribution is 7.73. The van der Waals surface area contributed by atoms with Crippen molar-refractivity contribution in [3.8, 4) is 10.8 Å². The van der Waals surface area contributed by atoms with Crippen molar-refractivity contribution in [1.29, 1.82) is 5.41 Å². The van der Waals surface area contributed by atoms with E-state index in [0.29, 0.717) is 44.3 Å². The van der Waals surface area contributed by atoms with Gasteiger partial charge in [0.1, 0.15) is 35.6 Å². The van der Waals surface area contributed by atoms with Crippen molar-refractivity contribution in [3.63, 3.8) is 0 Å². The number of benzene rings is 1. The molecule has 3 aromatic rings. The fraction of sp³-hybridized carbons (Fsp3) is 0.143. The molecule has 1 aromatic carbocycles. The molecule has 0 aliphatic heterocycles. The van der Waals surface area contributed by atoms with Crippen LogP contribution in [0, 0.1) is 16.3 Å². The molecule has 0 atom stereocenters. The summed E-state index contributed by atoms with van der Waals surface area (Å²) in [6.07, 6.45) is 5.00. The first-order valence-electron chi connectivity index (χ1n) is 9.07. The number of fused-ring (bicyclic) bond motifs is 1. The molecule has 0 bridgehead atoms. The topological polar surface area (TPSA) is 117 Å². The molecule has 0 radical (unpaired) electrons. The van der Waals surface area contributed by atoms with Crippen molar-refractivity contribution in [2.45, 2.75) is 6.92 Å². The Morgan fingerprint density at radius 3 is 2.83 bits per heavy atom. The van der Waals surface area contributed by atoms with Gasteiger partial charge < -0.3 is 29.7 Å². The summed E-state index contributed by atoms with van der Waals surface area (Å²) in [6.45, 7) is 2.53. The number of nitrogen functional groups attached to an aromatic ring is 1. The Balaban J connectivity index is 1.45. The van der Waals surface area contributed by atoms with Gasteiger partial charge in [-0.25, -0.2) is 0 Å². The average molecular weight is 442 g/mol. The standard InChI is InChI=1S/C21H19N3O4S2/c1-11-2-3-14(22)18(6-11)26-4-5-27-19-8-12-7-13(28-17(12)10-15(19)23)9-16-20(25)30-21(29)24-16/h2-3,6-10,23,25H,4-5,22H2,1H3,(H,24,29)/b13-9-,23-15?. The van der Waals surface area contributed by atoms with E-state index in [0.717, 1.165) is 22.5 Å². The molecule has 0 saturated heterocycles. The van der Waals surface area contributed by atoms with Gasteiger partial charge in [-0.2, -0.15) is 0 Å². The number of aromatic amines is 1. The highest BCUT2D eigenvalue weighted by Gasteiger charge is 2.14. The highest BCUT2D eigenvalue weighted by atomic mass is 32.1. The Morgan fingerprint density at radius 1 is 1.27 bits per heavy atom. The van der Waals surface area contributed by atoms with Gasteiger partial charge >= 0.3 is 0 Å². The van der Waals surface area contributed by atoms with Crippen molar-refractivity contribution in [3.05, 3.63) is 61.6 Å². The van der Waals surface area contributed by atoms with E-state index in [-0.39, 0.29) is 17.4 Å². The third-order valence-corrected chi connectivity index (χ3v) is 5.40. The number of ether oxygens (including phenoxy) is 2. The molecule has 2 aromatic heterocycles. The van der Waals surface area contributed by atoms with Crippen LogP contribution >= 0.6 is 23.6 Å². The summed E-state index contributed by atoms with van der Waals surface area (Å²) in [7, 11) is 0. The molecule has 4 rings (SSSR count). The van der Waals surface area contributed by atoms with E-state index >= 15 is 0 Å². The summed E-state index contributed by atoms with van der Waals surface area (Å²) < 4.78 is 17.6. The monoisotopic (exact) mass is 441 g/mol. The molecule has 0 fully saturated rings. The quantitative estimate of drug-likeness (QED) is 0.265. The maximum Gasteiger partial charge on any atom is 0.198 e. The van der Waals surface area contributed by atoms with Crippen LogP contribution in [0.4, 0.5) is 5.69 Å². The number of furan rings is 1. The van der Waals surface area contributed by atoms with E-state index in [2.05, 4.69) is 4.98 Å². The number of nitrogens with two attached hydrogens (primary N) is 1. The molecule has 154 valence electrons. The number of aryl methyl sites for hydroxylation is 1. The lowest BCUT2D eigenvalue weighted by Gasteiger charge is -2.13. The number of thiazole rings is 1. The number of aromatic nitrogens is 1. The van der Waals surface area contributed by atoms with Gasteiger partial charge in [0.15, 0.2) is 9.02 Å². The van der Waals surface area contributed by atoms with E-state index in [4.69, 9.17) is 37.3 Å². The molecule has 30 heavy (non-hydrogen) atoms. The molecule has 1 aliphatic carbocycles. The molecule has 7 nitrogen and oxygen atoms in total. The minimum Gasteiger partial charge on any atom is -0.498 e. The predicted molar refractivity (Wildman–Crippen MR) is 120 cm³/mol. The second-order valence-electron chi connectivity index (χ2n) is 6.65. The minimum atomic E-state index is 0.0971. The average Bonchev–Trinajstić information content (AvgIpc) is 3.22. The maximum atomic E-state index is 9.87. The van der Waals surface area contributed by atoms with E-state index in [9.17, 15) is 5.11 Å². The van der Waals surface area contributed by atoms with Gasteiger partial charge in [-0.15, -0.1) is 0 Å². The van der Waals surface area contributed by atoms with Crippen molar-refractivity contribution in [2.75, 3.05) is 18.9 Å². The molecule has 0 unspecified atom stereocenters. The first-order chi connectivity index (χ1) is 14.4. The zero-order valence-corrected chi connectivity index (χ0v) is 17.7. The van der Waals surface area contributed by atoms with Crippen molar-refractivity contribution >= 4 is 53.2 Å². The third-order valence-electron chi connectivity index (χ3n) is 4.35. The SMILES string of the molecule is Cc1ccc(N)c(OCCOC2=Cc3c/c(=C/c4[nH]c(=S)sc4O)oc3=CC2=N)c1. The van der Waals surface area contributed by atoms with Crippen molar-refractivity contribution in [2.24, 2.45) is 0 Å².